The van der Waals surface area contributed by atoms with Crippen LogP contribution in [0.4, 0.5) is 5.69 Å². The Morgan fingerprint density at radius 3 is 2.10 bits per heavy atom. The smallest absolute Gasteiger partial charge is 0.271 e. The average Bonchev–Trinajstić information content (AvgIpc) is 2.52. The van der Waals surface area contributed by atoms with Gasteiger partial charge in [-0.3, -0.25) is 4.79 Å². The highest BCUT2D eigenvalue weighted by molar-refractivity contribution is 5.77. The van der Waals surface area contributed by atoms with Crippen LogP contribution in [0.3, 0.4) is 0 Å². The summed E-state index contributed by atoms with van der Waals surface area (Å²) >= 11 is 0. The van der Waals surface area contributed by atoms with Gasteiger partial charge in [0.05, 0.1) is 0 Å². The average molecular weight is 276 g/mol. The second-order valence-corrected chi connectivity index (χ2v) is 5.05. The Hall–Kier alpha value is -2.81. The third-order valence-electron chi connectivity index (χ3n) is 3.51. The molecule has 3 rings (SSSR count). The Bertz CT molecular complexity index is 818. The van der Waals surface area contributed by atoms with Gasteiger partial charge in [0, 0.05) is 11.3 Å². The lowest BCUT2D eigenvalue weighted by atomic mass is 9.99. The fourth-order valence-corrected chi connectivity index (χ4v) is 2.41. The number of nitrogens with one attached hydrogen (secondary N) is 1. The van der Waals surface area contributed by atoms with Gasteiger partial charge < -0.3 is 10.7 Å². The van der Waals surface area contributed by atoms with Gasteiger partial charge >= 0.3 is 0 Å². The zero-order chi connectivity index (χ0) is 14.8. The van der Waals surface area contributed by atoms with Crippen LogP contribution in [0.25, 0.3) is 22.3 Å². The summed E-state index contributed by atoms with van der Waals surface area (Å²) in [5.41, 5.74) is 10.7. The summed E-state index contributed by atoms with van der Waals surface area (Å²) in [6.45, 7) is 1.85. The van der Waals surface area contributed by atoms with Crippen molar-refractivity contribution < 1.29 is 0 Å². The van der Waals surface area contributed by atoms with Crippen LogP contribution in [0.5, 0.6) is 0 Å². The largest absolute Gasteiger partial charge is 0.394 e. The van der Waals surface area contributed by atoms with E-state index in [0.717, 1.165) is 22.4 Å². The lowest BCUT2D eigenvalue weighted by molar-refractivity contribution is 1.15. The van der Waals surface area contributed by atoms with Gasteiger partial charge in [0.15, 0.2) is 0 Å². The van der Waals surface area contributed by atoms with E-state index in [0.29, 0.717) is 0 Å². The summed E-state index contributed by atoms with van der Waals surface area (Å²) in [5.74, 6) is 0. The van der Waals surface area contributed by atoms with E-state index in [2.05, 4.69) is 17.1 Å². The lowest BCUT2D eigenvalue weighted by Gasteiger charge is -2.08. The van der Waals surface area contributed by atoms with E-state index in [9.17, 15) is 4.79 Å². The van der Waals surface area contributed by atoms with E-state index in [4.69, 9.17) is 5.73 Å². The first kappa shape index (κ1) is 13.2. The summed E-state index contributed by atoms with van der Waals surface area (Å²) in [5, 5.41) is 0. The minimum atomic E-state index is -0.239. The molecule has 0 radical (unpaired) electrons. The maximum Gasteiger partial charge on any atom is 0.271 e. The van der Waals surface area contributed by atoms with Crippen LogP contribution in [-0.2, 0) is 0 Å². The number of aryl methyl sites for hydroxylation is 1. The monoisotopic (exact) mass is 276 g/mol. The molecule has 0 aliphatic carbocycles. The molecule has 1 aromatic heterocycles. The van der Waals surface area contributed by atoms with E-state index < -0.39 is 0 Å². The fourth-order valence-electron chi connectivity index (χ4n) is 2.41. The number of pyridine rings is 1. The maximum atomic E-state index is 11.7. The van der Waals surface area contributed by atoms with Gasteiger partial charge in [-0.15, -0.1) is 0 Å². The van der Waals surface area contributed by atoms with Crippen LogP contribution in [-0.4, -0.2) is 4.98 Å². The first-order valence-electron chi connectivity index (χ1n) is 6.80. The van der Waals surface area contributed by atoms with Crippen LogP contribution >= 0.6 is 0 Å². The molecule has 0 atom stereocenters. The van der Waals surface area contributed by atoms with Crippen molar-refractivity contribution in [1.29, 1.82) is 0 Å². The second kappa shape index (κ2) is 5.29. The number of hydrogen-bond donors (Lipinski definition) is 2. The minimum Gasteiger partial charge on any atom is -0.394 e. The number of aromatic amines is 1. The summed E-state index contributed by atoms with van der Waals surface area (Å²) in [6, 6.07) is 20.1. The van der Waals surface area contributed by atoms with Crippen molar-refractivity contribution in [3.8, 4) is 22.3 Å². The Labute approximate surface area is 123 Å². The normalized spacial score (nSPS) is 10.5. The number of anilines is 1. The molecular formula is C18H16N2O. The summed E-state index contributed by atoms with van der Waals surface area (Å²) in [6.07, 6.45) is 0. The van der Waals surface area contributed by atoms with Crippen molar-refractivity contribution in [1.82, 2.24) is 4.98 Å². The molecule has 0 aliphatic heterocycles. The number of rotatable bonds is 2. The van der Waals surface area contributed by atoms with Crippen LogP contribution in [0, 0.1) is 6.92 Å². The van der Waals surface area contributed by atoms with Crippen molar-refractivity contribution in [2.75, 3.05) is 5.73 Å². The molecular weight excluding hydrogens is 260 g/mol. The molecule has 104 valence electrons. The third kappa shape index (κ3) is 2.58. The molecule has 0 unspecified atom stereocenters. The Balaban J connectivity index is 2.04. The highest BCUT2D eigenvalue weighted by atomic mass is 16.1. The quantitative estimate of drug-likeness (QED) is 0.751. The summed E-state index contributed by atoms with van der Waals surface area (Å²) in [4.78, 5) is 14.4. The highest BCUT2D eigenvalue weighted by Crippen LogP contribution is 2.27. The molecule has 21 heavy (non-hydrogen) atoms. The molecule has 0 amide bonds. The third-order valence-corrected chi connectivity index (χ3v) is 3.51. The van der Waals surface area contributed by atoms with Crippen molar-refractivity contribution in [3.05, 3.63) is 76.7 Å². The molecule has 1 heterocycles. The Morgan fingerprint density at radius 1 is 0.857 bits per heavy atom. The number of nitrogen functional groups attached to an aromatic ring is 1. The number of H-pyrrole nitrogens is 1. The van der Waals surface area contributed by atoms with Crippen molar-refractivity contribution in [3.63, 3.8) is 0 Å². The number of benzene rings is 2. The van der Waals surface area contributed by atoms with E-state index in [1.807, 2.05) is 55.5 Å². The molecule has 2 aromatic carbocycles. The molecule has 0 saturated heterocycles. The van der Waals surface area contributed by atoms with Crippen molar-refractivity contribution >= 4 is 5.69 Å². The van der Waals surface area contributed by atoms with Gasteiger partial charge in [-0.1, -0.05) is 54.6 Å². The first-order chi connectivity index (χ1) is 10.1. The Morgan fingerprint density at radius 2 is 1.43 bits per heavy atom. The number of hydrogen-bond acceptors (Lipinski definition) is 2. The topological polar surface area (TPSA) is 58.9 Å². The molecule has 0 fully saturated rings. The van der Waals surface area contributed by atoms with Crippen LogP contribution in [0.1, 0.15) is 5.69 Å². The molecule has 0 spiro atoms. The number of nitrogens with two attached hydrogens (primary N) is 1. The van der Waals surface area contributed by atoms with Crippen LogP contribution < -0.4 is 11.3 Å². The summed E-state index contributed by atoms with van der Waals surface area (Å²) in [7, 11) is 0. The van der Waals surface area contributed by atoms with E-state index in [-0.39, 0.29) is 11.2 Å². The first-order valence-corrected chi connectivity index (χ1v) is 6.80. The lowest BCUT2D eigenvalue weighted by Crippen LogP contribution is -2.13. The predicted octanol–water partition coefficient (Wildman–Crippen LogP) is 3.60. The maximum absolute atomic E-state index is 11.7. The van der Waals surface area contributed by atoms with Gasteiger partial charge in [0.2, 0.25) is 0 Å². The zero-order valence-electron chi connectivity index (χ0n) is 11.8. The van der Waals surface area contributed by atoms with Crippen molar-refractivity contribution in [2.45, 2.75) is 6.92 Å². The minimum absolute atomic E-state index is 0.239. The van der Waals surface area contributed by atoms with E-state index in [1.54, 1.807) is 0 Å². The van der Waals surface area contributed by atoms with Gasteiger partial charge in [-0.05, 0) is 29.7 Å². The van der Waals surface area contributed by atoms with Crippen LogP contribution in [0.2, 0.25) is 0 Å². The van der Waals surface area contributed by atoms with Gasteiger partial charge in [0.25, 0.3) is 5.56 Å². The van der Waals surface area contributed by atoms with Gasteiger partial charge in [-0.25, -0.2) is 0 Å². The molecule has 0 aliphatic rings. The molecule has 3 nitrogen and oxygen atoms in total. The molecule has 0 saturated carbocycles. The standard InChI is InChI=1S/C18H16N2O/c1-12-11-16(17(19)18(21)20-12)15-9-7-14(8-10-15)13-5-3-2-4-6-13/h2-11H,19H2,1H3,(H,20,21). The molecule has 0 bridgehead atoms. The summed E-state index contributed by atoms with van der Waals surface area (Å²) < 4.78 is 0. The molecule has 3 heteroatoms. The van der Waals surface area contributed by atoms with Gasteiger partial charge in [-0.2, -0.15) is 0 Å². The van der Waals surface area contributed by atoms with Gasteiger partial charge in [0.1, 0.15) is 5.69 Å². The number of aromatic nitrogens is 1. The molecule has 3 aromatic rings. The highest BCUT2D eigenvalue weighted by Gasteiger charge is 2.07. The Kier molecular flexibility index (Phi) is 3.32. The van der Waals surface area contributed by atoms with Crippen LogP contribution in [0.15, 0.2) is 65.5 Å². The van der Waals surface area contributed by atoms with Crippen molar-refractivity contribution in [2.24, 2.45) is 0 Å². The predicted molar refractivity (Wildman–Crippen MR) is 87.1 cm³/mol. The second-order valence-electron chi connectivity index (χ2n) is 5.05. The fraction of sp³-hybridized carbons (Fsp3) is 0.0556. The van der Waals surface area contributed by atoms with E-state index in [1.165, 1.54) is 5.56 Å². The zero-order valence-corrected chi connectivity index (χ0v) is 11.8. The molecule has 3 N–H and O–H groups in total. The SMILES string of the molecule is Cc1cc(-c2ccc(-c3ccccc3)cc2)c(N)c(=O)[nH]1. The van der Waals surface area contributed by atoms with E-state index >= 15 is 0 Å².